The van der Waals surface area contributed by atoms with Crippen LogP contribution >= 0.6 is 0 Å². The summed E-state index contributed by atoms with van der Waals surface area (Å²) < 4.78 is 13.9. The van der Waals surface area contributed by atoms with Gasteiger partial charge in [0.1, 0.15) is 0 Å². The third-order valence-electron chi connectivity index (χ3n) is 5.11. The molecule has 1 aromatic rings. The van der Waals surface area contributed by atoms with E-state index in [1.165, 1.54) is 23.8 Å². The number of fused-ring (bicyclic) bond motifs is 1. The number of hydrogen-bond acceptors (Lipinski definition) is 2. The molecule has 1 aromatic carbocycles. The lowest BCUT2D eigenvalue weighted by Gasteiger charge is -2.28. The molecule has 1 heterocycles. The van der Waals surface area contributed by atoms with E-state index < -0.39 is 17.5 Å². The molecular weight excluding hydrogens is 293 g/mol. The number of carbonyl (C=O) groups is 1. The van der Waals surface area contributed by atoms with Gasteiger partial charge < -0.3 is 5.11 Å². The molecular formula is C19H22FNO2. The molecule has 0 bridgehead atoms. The molecule has 1 amide bonds. The number of phenolic OH excluding ortho intramolecular Hbond substituents is 1. The van der Waals surface area contributed by atoms with Crippen LogP contribution < -0.4 is 0 Å². The maximum Gasteiger partial charge on any atom is 0.269 e. The van der Waals surface area contributed by atoms with Crippen molar-refractivity contribution in [2.75, 3.05) is 0 Å². The third-order valence-corrected chi connectivity index (χ3v) is 5.11. The fraction of sp³-hybridized carbons (Fsp3) is 0.526. The van der Waals surface area contributed by atoms with E-state index in [2.05, 4.69) is 25.8 Å². The summed E-state index contributed by atoms with van der Waals surface area (Å²) in [6.45, 7) is 4.82. The number of phenols is 1. The molecule has 4 heteroatoms. The number of hydrogen-bond donors (Lipinski definition) is 1. The highest BCUT2D eigenvalue weighted by Gasteiger charge is 2.31. The maximum atomic E-state index is 13.9. The average Bonchev–Trinajstić information content (AvgIpc) is 2.86. The Hall–Kier alpha value is -2.02. The third kappa shape index (κ3) is 3.06. The van der Waals surface area contributed by atoms with Crippen molar-refractivity contribution in [3.05, 3.63) is 29.1 Å². The number of carbonyl (C=O) groups excluding carboxylic acids is 1. The van der Waals surface area contributed by atoms with Crippen LogP contribution in [0.1, 0.15) is 55.5 Å². The molecule has 0 spiro atoms. The summed E-state index contributed by atoms with van der Waals surface area (Å²) in [6.07, 6.45) is 4.52. The van der Waals surface area contributed by atoms with E-state index in [1.54, 1.807) is 6.07 Å². The van der Waals surface area contributed by atoms with E-state index >= 15 is 0 Å². The van der Waals surface area contributed by atoms with Gasteiger partial charge in [0.25, 0.3) is 5.91 Å². The molecule has 0 radical (unpaired) electrons. The molecule has 3 nitrogen and oxygen atoms in total. The summed E-state index contributed by atoms with van der Waals surface area (Å²) in [7, 11) is 0. The van der Waals surface area contributed by atoms with Crippen LogP contribution in [0.5, 0.6) is 5.75 Å². The Kier molecular flexibility index (Phi) is 4.30. The maximum absolute atomic E-state index is 13.9. The quantitative estimate of drug-likeness (QED) is 0.798. The first kappa shape index (κ1) is 15.9. The molecule has 1 fully saturated rings. The van der Waals surface area contributed by atoms with Crippen LogP contribution in [-0.4, -0.2) is 15.9 Å². The van der Waals surface area contributed by atoms with Gasteiger partial charge in [0, 0.05) is 12.0 Å². The topological polar surface area (TPSA) is 40.5 Å². The largest absolute Gasteiger partial charge is 0.505 e. The smallest absolute Gasteiger partial charge is 0.269 e. The Balaban J connectivity index is 1.68. The van der Waals surface area contributed by atoms with Gasteiger partial charge in [0.15, 0.2) is 11.6 Å². The molecule has 1 aliphatic heterocycles. The van der Waals surface area contributed by atoms with Crippen LogP contribution in [0, 0.1) is 35.5 Å². The van der Waals surface area contributed by atoms with Crippen LogP contribution in [0.4, 0.5) is 4.39 Å². The van der Waals surface area contributed by atoms with Gasteiger partial charge in [-0.1, -0.05) is 25.8 Å². The summed E-state index contributed by atoms with van der Waals surface area (Å²) in [5.74, 6) is 3.24. The molecule has 1 aliphatic carbocycles. The number of benzene rings is 1. The van der Waals surface area contributed by atoms with E-state index in [0.717, 1.165) is 18.8 Å². The zero-order valence-corrected chi connectivity index (χ0v) is 13.6. The second-order valence-electron chi connectivity index (χ2n) is 6.94. The standard InChI is InChI=1S/C19H22FNO2/c1-12(2)14-5-3-13(4-6-14)9-10-21-11-15-7-8-16(22)18(20)17(15)19(21)23/h7-8,12-14,22H,3-6,11H2,1-2H3. The Bertz CT molecular complexity index is 679. The van der Waals surface area contributed by atoms with Crippen molar-refractivity contribution in [3.8, 4) is 17.7 Å². The Morgan fingerprint density at radius 1 is 1.26 bits per heavy atom. The monoisotopic (exact) mass is 315 g/mol. The predicted molar refractivity (Wildman–Crippen MR) is 86.0 cm³/mol. The minimum Gasteiger partial charge on any atom is -0.505 e. The second-order valence-corrected chi connectivity index (χ2v) is 6.94. The SMILES string of the molecule is CC(C)C1CCC(C#CN2Cc3ccc(O)c(F)c3C2=O)CC1. The van der Waals surface area contributed by atoms with Gasteiger partial charge in [-0.05, 0) is 49.1 Å². The fourth-order valence-electron chi connectivity index (χ4n) is 3.53. The van der Waals surface area contributed by atoms with Crippen LogP contribution in [-0.2, 0) is 6.54 Å². The van der Waals surface area contributed by atoms with Crippen molar-refractivity contribution in [1.82, 2.24) is 4.90 Å². The van der Waals surface area contributed by atoms with Crippen molar-refractivity contribution in [3.63, 3.8) is 0 Å². The number of rotatable bonds is 1. The van der Waals surface area contributed by atoms with Gasteiger partial charge in [-0.15, -0.1) is 0 Å². The van der Waals surface area contributed by atoms with Gasteiger partial charge >= 0.3 is 0 Å². The number of amides is 1. The Labute approximate surface area is 136 Å². The highest BCUT2D eigenvalue weighted by Crippen LogP contribution is 2.33. The van der Waals surface area contributed by atoms with Crippen LogP contribution in [0.15, 0.2) is 12.1 Å². The van der Waals surface area contributed by atoms with Gasteiger partial charge in [-0.3, -0.25) is 9.69 Å². The Morgan fingerprint density at radius 2 is 1.96 bits per heavy atom. The molecule has 2 aliphatic rings. The van der Waals surface area contributed by atoms with E-state index in [4.69, 9.17) is 0 Å². The first-order valence-corrected chi connectivity index (χ1v) is 8.30. The zero-order chi connectivity index (χ0) is 16.6. The summed E-state index contributed by atoms with van der Waals surface area (Å²) in [5, 5.41) is 9.41. The van der Waals surface area contributed by atoms with Crippen molar-refractivity contribution >= 4 is 5.91 Å². The van der Waals surface area contributed by atoms with Crippen molar-refractivity contribution in [2.24, 2.45) is 17.8 Å². The number of aromatic hydroxyl groups is 1. The van der Waals surface area contributed by atoms with Crippen molar-refractivity contribution < 1.29 is 14.3 Å². The summed E-state index contributed by atoms with van der Waals surface area (Å²) in [6, 6.07) is 5.79. The first-order valence-electron chi connectivity index (χ1n) is 8.30. The van der Waals surface area contributed by atoms with Gasteiger partial charge in [-0.2, -0.15) is 0 Å². The van der Waals surface area contributed by atoms with Crippen molar-refractivity contribution in [2.45, 2.75) is 46.1 Å². The zero-order valence-electron chi connectivity index (χ0n) is 13.6. The molecule has 0 unspecified atom stereocenters. The summed E-state index contributed by atoms with van der Waals surface area (Å²) >= 11 is 0. The molecule has 1 N–H and O–H groups in total. The lowest BCUT2D eigenvalue weighted by molar-refractivity contribution is 0.0849. The Morgan fingerprint density at radius 3 is 2.61 bits per heavy atom. The predicted octanol–water partition coefficient (Wildman–Crippen LogP) is 3.91. The van der Waals surface area contributed by atoms with E-state index in [-0.39, 0.29) is 5.56 Å². The molecule has 0 saturated heterocycles. The molecule has 3 rings (SSSR count). The highest BCUT2D eigenvalue weighted by atomic mass is 19.1. The number of nitrogens with zero attached hydrogens (tertiary/aromatic N) is 1. The van der Waals surface area contributed by atoms with Crippen LogP contribution in [0.25, 0.3) is 0 Å². The van der Waals surface area contributed by atoms with Gasteiger partial charge in [0.2, 0.25) is 0 Å². The molecule has 0 aromatic heterocycles. The fourth-order valence-corrected chi connectivity index (χ4v) is 3.53. The van der Waals surface area contributed by atoms with E-state index in [1.807, 2.05) is 0 Å². The van der Waals surface area contributed by atoms with Crippen LogP contribution in [0.2, 0.25) is 0 Å². The summed E-state index contributed by atoms with van der Waals surface area (Å²) in [4.78, 5) is 13.6. The number of halogens is 1. The molecule has 0 atom stereocenters. The average molecular weight is 315 g/mol. The first-order chi connectivity index (χ1) is 11.0. The lowest BCUT2D eigenvalue weighted by atomic mass is 9.77. The highest BCUT2D eigenvalue weighted by molar-refractivity contribution is 6.00. The van der Waals surface area contributed by atoms with Crippen LogP contribution in [0.3, 0.4) is 0 Å². The van der Waals surface area contributed by atoms with Gasteiger partial charge in [-0.25, -0.2) is 4.39 Å². The van der Waals surface area contributed by atoms with E-state index in [9.17, 15) is 14.3 Å². The van der Waals surface area contributed by atoms with E-state index in [0.29, 0.717) is 23.9 Å². The minimum absolute atomic E-state index is 0.0391. The van der Waals surface area contributed by atoms with Gasteiger partial charge in [0.05, 0.1) is 12.1 Å². The molecule has 1 saturated carbocycles. The summed E-state index contributed by atoms with van der Waals surface area (Å²) in [5.41, 5.74) is 0.547. The lowest BCUT2D eigenvalue weighted by Crippen LogP contribution is -2.20. The molecule has 122 valence electrons. The second kappa shape index (κ2) is 6.23. The normalized spacial score (nSPS) is 23.7. The minimum atomic E-state index is -0.839. The molecule has 23 heavy (non-hydrogen) atoms. The van der Waals surface area contributed by atoms with Crippen molar-refractivity contribution in [1.29, 1.82) is 0 Å².